The van der Waals surface area contributed by atoms with Gasteiger partial charge in [0.2, 0.25) is 5.95 Å². The maximum atomic E-state index is 11.9. The van der Waals surface area contributed by atoms with Crippen molar-refractivity contribution in [3.63, 3.8) is 0 Å². The SMILES string of the molecule is Cc1ccc(OCC(=O)Nc2nc(C)cc(C)n2)c(C)c1. The molecule has 5 nitrogen and oxygen atoms in total. The fourth-order valence-electron chi connectivity index (χ4n) is 2.05. The molecule has 0 radical (unpaired) electrons. The van der Waals surface area contributed by atoms with Gasteiger partial charge >= 0.3 is 0 Å². The van der Waals surface area contributed by atoms with Crippen LogP contribution in [0.4, 0.5) is 5.95 Å². The highest BCUT2D eigenvalue weighted by Crippen LogP contribution is 2.18. The van der Waals surface area contributed by atoms with Gasteiger partial charge in [0.1, 0.15) is 5.75 Å². The van der Waals surface area contributed by atoms with E-state index >= 15 is 0 Å². The number of carbonyl (C=O) groups is 1. The summed E-state index contributed by atoms with van der Waals surface area (Å²) in [5, 5.41) is 2.64. The largest absolute Gasteiger partial charge is 0.483 e. The second-order valence-electron chi connectivity index (χ2n) is 5.08. The molecule has 0 fully saturated rings. The Labute approximate surface area is 124 Å². The van der Waals surface area contributed by atoms with Crippen LogP contribution in [0.5, 0.6) is 5.75 Å². The number of amides is 1. The molecular formula is C16H19N3O2. The molecule has 0 spiro atoms. The van der Waals surface area contributed by atoms with E-state index in [-0.39, 0.29) is 12.5 Å². The highest BCUT2D eigenvalue weighted by Gasteiger charge is 2.08. The molecule has 0 bridgehead atoms. The average molecular weight is 285 g/mol. The lowest BCUT2D eigenvalue weighted by Crippen LogP contribution is -2.22. The number of anilines is 1. The molecule has 2 aromatic rings. The molecule has 5 heteroatoms. The van der Waals surface area contributed by atoms with Crippen molar-refractivity contribution in [3.8, 4) is 5.75 Å². The summed E-state index contributed by atoms with van der Waals surface area (Å²) in [6.07, 6.45) is 0. The molecule has 0 saturated heterocycles. The Morgan fingerprint density at radius 2 is 1.76 bits per heavy atom. The number of hydrogen-bond donors (Lipinski definition) is 1. The molecule has 1 aromatic heterocycles. The first-order valence-electron chi connectivity index (χ1n) is 6.76. The maximum Gasteiger partial charge on any atom is 0.264 e. The Kier molecular flexibility index (Phi) is 4.52. The Bertz CT molecular complexity index is 648. The lowest BCUT2D eigenvalue weighted by Gasteiger charge is -2.10. The van der Waals surface area contributed by atoms with Gasteiger partial charge < -0.3 is 4.74 Å². The van der Waals surface area contributed by atoms with E-state index in [0.29, 0.717) is 11.7 Å². The summed E-state index contributed by atoms with van der Waals surface area (Å²) in [7, 11) is 0. The van der Waals surface area contributed by atoms with Gasteiger partial charge in [-0.2, -0.15) is 0 Å². The van der Waals surface area contributed by atoms with Crippen LogP contribution in [0, 0.1) is 27.7 Å². The quantitative estimate of drug-likeness (QED) is 0.938. The van der Waals surface area contributed by atoms with E-state index in [1.165, 1.54) is 0 Å². The molecule has 1 amide bonds. The smallest absolute Gasteiger partial charge is 0.264 e. The number of aryl methyl sites for hydroxylation is 4. The molecule has 21 heavy (non-hydrogen) atoms. The van der Waals surface area contributed by atoms with Gasteiger partial charge in [-0.1, -0.05) is 17.7 Å². The topological polar surface area (TPSA) is 64.1 Å². The van der Waals surface area contributed by atoms with E-state index in [2.05, 4.69) is 15.3 Å². The van der Waals surface area contributed by atoms with E-state index < -0.39 is 0 Å². The number of aromatic nitrogens is 2. The van der Waals surface area contributed by atoms with Gasteiger partial charge in [0.25, 0.3) is 5.91 Å². The van der Waals surface area contributed by atoms with Gasteiger partial charge in [0.05, 0.1) is 0 Å². The second-order valence-corrected chi connectivity index (χ2v) is 5.08. The minimum atomic E-state index is -0.278. The lowest BCUT2D eigenvalue weighted by atomic mass is 10.1. The Balaban J connectivity index is 1.95. The van der Waals surface area contributed by atoms with Gasteiger partial charge in [-0.25, -0.2) is 9.97 Å². The summed E-state index contributed by atoms with van der Waals surface area (Å²) in [6, 6.07) is 7.68. The van der Waals surface area contributed by atoms with Crippen molar-refractivity contribution < 1.29 is 9.53 Å². The van der Waals surface area contributed by atoms with Crippen LogP contribution in [0.2, 0.25) is 0 Å². The predicted molar refractivity (Wildman–Crippen MR) is 81.5 cm³/mol. The monoisotopic (exact) mass is 285 g/mol. The third kappa shape index (κ3) is 4.27. The van der Waals surface area contributed by atoms with Crippen LogP contribution < -0.4 is 10.1 Å². The van der Waals surface area contributed by atoms with Crippen molar-refractivity contribution in [1.29, 1.82) is 0 Å². The number of nitrogens with one attached hydrogen (secondary N) is 1. The molecule has 0 aliphatic heterocycles. The Hall–Kier alpha value is -2.43. The minimum Gasteiger partial charge on any atom is -0.483 e. The summed E-state index contributed by atoms with van der Waals surface area (Å²) in [6.45, 7) is 7.61. The molecule has 2 rings (SSSR count). The maximum absolute atomic E-state index is 11.9. The summed E-state index contributed by atoms with van der Waals surface area (Å²) in [5.74, 6) is 0.735. The lowest BCUT2D eigenvalue weighted by molar-refractivity contribution is -0.118. The number of nitrogens with zero attached hydrogens (tertiary/aromatic N) is 2. The second kappa shape index (κ2) is 6.35. The molecule has 1 N–H and O–H groups in total. The van der Waals surface area contributed by atoms with Crippen LogP contribution in [0.1, 0.15) is 22.5 Å². The van der Waals surface area contributed by atoms with Crippen LogP contribution in [-0.2, 0) is 4.79 Å². The van der Waals surface area contributed by atoms with E-state index in [0.717, 1.165) is 22.5 Å². The van der Waals surface area contributed by atoms with Gasteiger partial charge in [-0.15, -0.1) is 0 Å². The highest BCUT2D eigenvalue weighted by molar-refractivity contribution is 5.90. The Morgan fingerprint density at radius 1 is 1.10 bits per heavy atom. The fraction of sp³-hybridized carbons (Fsp3) is 0.312. The zero-order chi connectivity index (χ0) is 15.4. The molecule has 0 saturated carbocycles. The Morgan fingerprint density at radius 3 is 2.38 bits per heavy atom. The number of carbonyl (C=O) groups excluding carboxylic acids is 1. The zero-order valence-corrected chi connectivity index (χ0v) is 12.7. The van der Waals surface area contributed by atoms with Crippen molar-refractivity contribution in [1.82, 2.24) is 9.97 Å². The molecule has 1 aromatic carbocycles. The van der Waals surface area contributed by atoms with Crippen LogP contribution in [-0.4, -0.2) is 22.5 Å². The van der Waals surface area contributed by atoms with Crippen LogP contribution in [0.15, 0.2) is 24.3 Å². The molecular weight excluding hydrogens is 266 g/mol. The van der Waals surface area contributed by atoms with Crippen molar-refractivity contribution in [3.05, 3.63) is 46.8 Å². The molecule has 110 valence electrons. The van der Waals surface area contributed by atoms with E-state index in [4.69, 9.17) is 4.74 Å². The van der Waals surface area contributed by atoms with E-state index in [1.54, 1.807) is 0 Å². The molecule has 0 aliphatic rings. The van der Waals surface area contributed by atoms with Crippen LogP contribution in [0.3, 0.4) is 0 Å². The fourth-order valence-corrected chi connectivity index (χ4v) is 2.05. The molecule has 0 aliphatic carbocycles. The summed E-state index contributed by atoms with van der Waals surface area (Å²) in [5.41, 5.74) is 3.79. The van der Waals surface area contributed by atoms with Gasteiger partial charge in [0, 0.05) is 11.4 Å². The average Bonchev–Trinajstić information content (AvgIpc) is 2.36. The number of hydrogen-bond acceptors (Lipinski definition) is 4. The number of ether oxygens (including phenoxy) is 1. The van der Waals surface area contributed by atoms with Gasteiger partial charge in [0.15, 0.2) is 6.61 Å². The zero-order valence-electron chi connectivity index (χ0n) is 12.7. The van der Waals surface area contributed by atoms with E-state index in [9.17, 15) is 4.79 Å². The predicted octanol–water partition coefficient (Wildman–Crippen LogP) is 2.73. The van der Waals surface area contributed by atoms with Crippen LogP contribution in [0.25, 0.3) is 0 Å². The van der Waals surface area contributed by atoms with Crippen molar-refractivity contribution in [2.75, 3.05) is 11.9 Å². The molecule has 0 unspecified atom stereocenters. The van der Waals surface area contributed by atoms with Gasteiger partial charge in [-0.3, -0.25) is 10.1 Å². The first-order valence-corrected chi connectivity index (χ1v) is 6.76. The molecule has 1 heterocycles. The van der Waals surface area contributed by atoms with Crippen molar-refractivity contribution in [2.45, 2.75) is 27.7 Å². The standard InChI is InChI=1S/C16H19N3O2/c1-10-5-6-14(11(2)7-10)21-9-15(20)19-16-17-12(3)8-13(4)18-16/h5-8H,9H2,1-4H3,(H,17,18,19,20). The third-order valence-corrected chi connectivity index (χ3v) is 2.92. The summed E-state index contributed by atoms with van der Waals surface area (Å²) < 4.78 is 5.52. The van der Waals surface area contributed by atoms with E-state index in [1.807, 2.05) is 52.0 Å². The molecule has 0 atom stereocenters. The minimum absolute atomic E-state index is 0.0692. The first-order chi connectivity index (χ1) is 9.94. The number of rotatable bonds is 4. The third-order valence-electron chi connectivity index (χ3n) is 2.92. The van der Waals surface area contributed by atoms with Crippen molar-refractivity contribution >= 4 is 11.9 Å². The normalized spacial score (nSPS) is 10.3. The van der Waals surface area contributed by atoms with Crippen molar-refractivity contribution in [2.24, 2.45) is 0 Å². The highest BCUT2D eigenvalue weighted by atomic mass is 16.5. The summed E-state index contributed by atoms with van der Waals surface area (Å²) in [4.78, 5) is 20.2. The summed E-state index contributed by atoms with van der Waals surface area (Å²) >= 11 is 0. The first kappa shape index (κ1) is 15.0. The van der Waals surface area contributed by atoms with Gasteiger partial charge in [-0.05, 0) is 45.4 Å². The number of benzene rings is 1. The van der Waals surface area contributed by atoms with Crippen LogP contribution >= 0.6 is 0 Å².